The van der Waals surface area contributed by atoms with E-state index >= 15 is 0 Å². The number of benzene rings is 2. The molecule has 0 heterocycles. The second-order valence-corrected chi connectivity index (χ2v) is 4.40. The number of carbonyl (C=O) groups excluding carboxylic acids is 1. The van der Waals surface area contributed by atoms with Crippen molar-refractivity contribution in [1.29, 1.82) is 5.41 Å². The molecule has 0 aliphatic carbocycles. The molecule has 0 aliphatic rings. The van der Waals surface area contributed by atoms with E-state index < -0.39 is 0 Å². The molecule has 0 saturated carbocycles. The van der Waals surface area contributed by atoms with Crippen LogP contribution in [0.2, 0.25) is 0 Å². The van der Waals surface area contributed by atoms with Crippen molar-refractivity contribution in [2.75, 3.05) is 7.05 Å². The lowest BCUT2D eigenvalue weighted by Gasteiger charge is -2.06. The number of amides is 1. The van der Waals surface area contributed by atoms with Gasteiger partial charge in [-0.05, 0) is 22.8 Å². The van der Waals surface area contributed by atoms with Crippen LogP contribution in [0.5, 0.6) is 0 Å². The molecule has 2 aromatic carbocycles. The maximum Gasteiger partial charge on any atom is 0.250 e. The molecule has 0 atom stereocenters. The molecule has 21 heavy (non-hydrogen) atoms. The Bertz CT molecular complexity index is 663. The van der Waals surface area contributed by atoms with Crippen LogP contribution < -0.4 is 10.6 Å². The predicted molar refractivity (Wildman–Crippen MR) is 85.8 cm³/mol. The fourth-order valence-corrected chi connectivity index (χ4v) is 1.92. The van der Waals surface area contributed by atoms with Crippen LogP contribution in [0.15, 0.2) is 60.7 Å². The normalized spacial score (nSPS) is 10.3. The fraction of sp³-hybridized carbons (Fsp3) is 0.0588. The van der Waals surface area contributed by atoms with E-state index in [1.54, 1.807) is 13.1 Å². The van der Waals surface area contributed by atoms with Crippen molar-refractivity contribution < 1.29 is 4.79 Å². The van der Waals surface area contributed by atoms with Gasteiger partial charge in [0, 0.05) is 13.1 Å². The van der Waals surface area contributed by atoms with E-state index in [4.69, 9.17) is 5.41 Å². The fourth-order valence-electron chi connectivity index (χ4n) is 1.92. The van der Waals surface area contributed by atoms with E-state index in [0.29, 0.717) is 0 Å². The molecule has 0 fully saturated rings. The quantitative estimate of drug-likeness (QED) is 0.459. The standard InChI is InChI=1S/C17H17N3O/c1-19-17(18)20-16(21)12-11-14-9-5-6-10-15(14)13-7-3-2-4-8-13/h2-12H,1H3,(H3,18,19,20,21)/b12-11+. The summed E-state index contributed by atoms with van der Waals surface area (Å²) in [6.45, 7) is 0. The van der Waals surface area contributed by atoms with Gasteiger partial charge in [-0.25, -0.2) is 0 Å². The van der Waals surface area contributed by atoms with Crippen LogP contribution in [0, 0.1) is 5.41 Å². The van der Waals surface area contributed by atoms with Crippen LogP contribution in [-0.4, -0.2) is 18.9 Å². The van der Waals surface area contributed by atoms with Crippen LogP contribution in [0.3, 0.4) is 0 Å². The minimum absolute atomic E-state index is 0.0269. The molecule has 0 aliphatic heterocycles. The number of guanidine groups is 1. The molecule has 0 radical (unpaired) electrons. The Morgan fingerprint density at radius 1 is 1.05 bits per heavy atom. The van der Waals surface area contributed by atoms with Crippen molar-refractivity contribution in [2.45, 2.75) is 0 Å². The highest BCUT2D eigenvalue weighted by atomic mass is 16.1. The Morgan fingerprint density at radius 2 is 1.71 bits per heavy atom. The summed E-state index contributed by atoms with van der Waals surface area (Å²) in [5.74, 6) is -0.363. The van der Waals surface area contributed by atoms with Crippen LogP contribution in [0.4, 0.5) is 0 Å². The first-order valence-electron chi connectivity index (χ1n) is 6.60. The zero-order valence-corrected chi connectivity index (χ0v) is 11.8. The Hall–Kier alpha value is -2.88. The first kappa shape index (κ1) is 14.5. The maximum atomic E-state index is 11.7. The monoisotopic (exact) mass is 279 g/mol. The summed E-state index contributed by atoms with van der Waals surface area (Å²) >= 11 is 0. The molecule has 3 N–H and O–H groups in total. The molecule has 2 rings (SSSR count). The molecule has 0 bridgehead atoms. The van der Waals surface area contributed by atoms with Gasteiger partial charge in [-0.15, -0.1) is 0 Å². The van der Waals surface area contributed by atoms with Gasteiger partial charge in [-0.1, -0.05) is 54.6 Å². The smallest absolute Gasteiger partial charge is 0.250 e. The Kier molecular flexibility index (Phi) is 4.88. The largest absolute Gasteiger partial charge is 0.359 e. The zero-order valence-electron chi connectivity index (χ0n) is 11.8. The molecule has 0 aromatic heterocycles. The number of carbonyl (C=O) groups is 1. The predicted octanol–water partition coefficient (Wildman–Crippen LogP) is 2.64. The van der Waals surface area contributed by atoms with Crippen molar-refractivity contribution in [3.05, 3.63) is 66.2 Å². The lowest BCUT2D eigenvalue weighted by Crippen LogP contribution is -2.37. The number of rotatable bonds is 3. The highest BCUT2D eigenvalue weighted by Crippen LogP contribution is 2.24. The number of hydrogen-bond acceptors (Lipinski definition) is 2. The van der Waals surface area contributed by atoms with Crippen molar-refractivity contribution >= 4 is 17.9 Å². The van der Waals surface area contributed by atoms with Gasteiger partial charge in [0.15, 0.2) is 5.96 Å². The first-order valence-corrected chi connectivity index (χ1v) is 6.60. The Balaban J connectivity index is 2.22. The molecule has 2 aromatic rings. The number of hydrogen-bond donors (Lipinski definition) is 3. The highest BCUT2D eigenvalue weighted by molar-refractivity contribution is 6.03. The third-order valence-corrected chi connectivity index (χ3v) is 2.96. The SMILES string of the molecule is CNC(=N)NC(=O)/C=C/c1ccccc1-c1ccccc1. The molecule has 106 valence electrons. The van der Waals surface area contributed by atoms with Crippen molar-refractivity contribution in [3.63, 3.8) is 0 Å². The van der Waals surface area contributed by atoms with Gasteiger partial charge < -0.3 is 5.32 Å². The van der Waals surface area contributed by atoms with Gasteiger partial charge in [0.05, 0.1) is 0 Å². The molecule has 0 saturated heterocycles. The first-order chi connectivity index (χ1) is 10.2. The van der Waals surface area contributed by atoms with E-state index in [1.165, 1.54) is 6.08 Å². The van der Waals surface area contributed by atoms with E-state index in [1.807, 2.05) is 54.6 Å². The summed E-state index contributed by atoms with van der Waals surface area (Å²) < 4.78 is 0. The maximum absolute atomic E-state index is 11.7. The van der Waals surface area contributed by atoms with Gasteiger partial charge in [0.2, 0.25) is 0 Å². The number of nitrogens with one attached hydrogen (secondary N) is 3. The van der Waals surface area contributed by atoms with Crippen LogP contribution in [-0.2, 0) is 4.79 Å². The van der Waals surface area contributed by atoms with Gasteiger partial charge in [-0.2, -0.15) is 0 Å². The molecule has 4 nitrogen and oxygen atoms in total. The summed E-state index contributed by atoms with van der Waals surface area (Å²) in [6.07, 6.45) is 3.17. The third-order valence-electron chi connectivity index (χ3n) is 2.96. The molecule has 4 heteroatoms. The third kappa shape index (κ3) is 4.04. The molecular weight excluding hydrogens is 262 g/mol. The zero-order chi connectivity index (χ0) is 15.1. The highest BCUT2D eigenvalue weighted by Gasteiger charge is 2.02. The minimum atomic E-state index is -0.336. The Labute approximate surface area is 124 Å². The lowest BCUT2D eigenvalue weighted by molar-refractivity contribution is -0.115. The van der Waals surface area contributed by atoms with Crippen molar-refractivity contribution in [3.8, 4) is 11.1 Å². The average Bonchev–Trinajstić information content (AvgIpc) is 2.54. The van der Waals surface area contributed by atoms with Gasteiger partial charge in [-0.3, -0.25) is 15.5 Å². The van der Waals surface area contributed by atoms with E-state index in [-0.39, 0.29) is 11.9 Å². The van der Waals surface area contributed by atoms with Crippen LogP contribution in [0.1, 0.15) is 5.56 Å². The van der Waals surface area contributed by atoms with Gasteiger partial charge in [0.1, 0.15) is 0 Å². The second kappa shape index (κ2) is 7.05. The second-order valence-electron chi connectivity index (χ2n) is 4.40. The van der Waals surface area contributed by atoms with E-state index in [9.17, 15) is 4.79 Å². The topological polar surface area (TPSA) is 65.0 Å². The minimum Gasteiger partial charge on any atom is -0.359 e. The van der Waals surface area contributed by atoms with Crippen LogP contribution in [0.25, 0.3) is 17.2 Å². The van der Waals surface area contributed by atoms with E-state index in [2.05, 4.69) is 10.6 Å². The summed E-state index contributed by atoms with van der Waals surface area (Å²) in [5, 5.41) is 12.3. The van der Waals surface area contributed by atoms with Crippen molar-refractivity contribution in [1.82, 2.24) is 10.6 Å². The summed E-state index contributed by atoms with van der Waals surface area (Å²) in [5.41, 5.74) is 3.11. The van der Waals surface area contributed by atoms with Gasteiger partial charge >= 0.3 is 0 Å². The molecule has 1 amide bonds. The molecule has 0 unspecified atom stereocenters. The molecule has 0 spiro atoms. The van der Waals surface area contributed by atoms with E-state index in [0.717, 1.165) is 16.7 Å². The van der Waals surface area contributed by atoms with Crippen LogP contribution >= 0.6 is 0 Å². The summed E-state index contributed by atoms with van der Waals surface area (Å²) in [6, 6.07) is 17.9. The summed E-state index contributed by atoms with van der Waals surface area (Å²) in [7, 11) is 1.58. The lowest BCUT2D eigenvalue weighted by atomic mass is 9.99. The Morgan fingerprint density at radius 3 is 2.43 bits per heavy atom. The van der Waals surface area contributed by atoms with Crippen molar-refractivity contribution in [2.24, 2.45) is 0 Å². The summed E-state index contributed by atoms with van der Waals surface area (Å²) in [4.78, 5) is 11.7. The molecular formula is C17H17N3O. The average molecular weight is 279 g/mol. The van der Waals surface area contributed by atoms with Gasteiger partial charge in [0.25, 0.3) is 5.91 Å².